The molecule has 0 N–H and O–H groups in total. The van der Waals surface area contributed by atoms with E-state index >= 15 is 0 Å². The van der Waals surface area contributed by atoms with Crippen LogP contribution in [0, 0.1) is 6.92 Å². The van der Waals surface area contributed by atoms with Gasteiger partial charge >= 0.3 is 0 Å². The lowest BCUT2D eigenvalue weighted by Crippen LogP contribution is -2.50. The van der Waals surface area contributed by atoms with E-state index in [4.69, 9.17) is 16.0 Å². The lowest BCUT2D eigenvalue weighted by atomic mass is 10.1. The fourth-order valence-electron chi connectivity index (χ4n) is 3.43. The number of aryl methyl sites for hydroxylation is 1. The van der Waals surface area contributed by atoms with Crippen molar-refractivity contribution < 1.29 is 17.6 Å². The second-order valence-corrected chi connectivity index (χ2v) is 9.08. The number of furan rings is 1. The summed E-state index contributed by atoms with van der Waals surface area (Å²) in [6.45, 7) is 2.91. The van der Waals surface area contributed by atoms with Gasteiger partial charge in [0.1, 0.15) is 5.58 Å². The average molecular weight is 419 g/mol. The normalized spacial score (nSPS) is 15.9. The van der Waals surface area contributed by atoms with E-state index in [0.29, 0.717) is 29.5 Å². The minimum absolute atomic E-state index is 0.160. The summed E-state index contributed by atoms with van der Waals surface area (Å²) >= 11 is 5.92. The summed E-state index contributed by atoms with van der Waals surface area (Å²) < 4.78 is 32.7. The highest BCUT2D eigenvalue weighted by Gasteiger charge is 2.32. The third kappa shape index (κ3) is 3.30. The molecular formula is C20H19ClN2O4S. The van der Waals surface area contributed by atoms with Crippen LogP contribution in [0.25, 0.3) is 11.0 Å². The predicted octanol–water partition coefficient (Wildman–Crippen LogP) is 3.54. The van der Waals surface area contributed by atoms with E-state index in [1.165, 1.54) is 16.4 Å². The Hall–Kier alpha value is -2.35. The lowest BCUT2D eigenvalue weighted by molar-refractivity contribution is 0.0667. The molecule has 1 aliphatic rings. The molecule has 0 unspecified atom stereocenters. The fourth-order valence-corrected chi connectivity index (χ4v) is 5.15. The second kappa shape index (κ2) is 7.24. The maximum atomic E-state index is 12.9. The van der Waals surface area contributed by atoms with Crippen molar-refractivity contribution in [1.82, 2.24) is 9.21 Å². The number of benzene rings is 2. The van der Waals surface area contributed by atoms with Crippen LogP contribution in [0.3, 0.4) is 0 Å². The van der Waals surface area contributed by atoms with Crippen molar-refractivity contribution in [2.75, 3.05) is 26.2 Å². The number of carbonyl (C=O) groups is 1. The molecule has 28 heavy (non-hydrogen) atoms. The Morgan fingerprint density at radius 2 is 1.75 bits per heavy atom. The second-order valence-electron chi connectivity index (χ2n) is 6.71. The Balaban J connectivity index is 1.50. The summed E-state index contributed by atoms with van der Waals surface area (Å²) in [6.07, 6.45) is 0. The van der Waals surface area contributed by atoms with Gasteiger partial charge < -0.3 is 9.32 Å². The molecule has 2 heterocycles. The zero-order valence-electron chi connectivity index (χ0n) is 15.3. The van der Waals surface area contributed by atoms with Crippen LogP contribution in [0.2, 0.25) is 5.02 Å². The molecule has 4 rings (SSSR count). The first-order valence-electron chi connectivity index (χ1n) is 8.91. The molecule has 1 aromatic heterocycles. The van der Waals surface area contributed by atoms with Crippen LogP contribution in [0.5, 0.6) is 0 Å². The largest absolute Gasteiger partial charge is 0.451 e. The Labute approximate surface area is 168 Å². The molecule has 1 saturated heterocycles. The van der Waals surface area contributed by atoms with Gasteiger partial charge in [-0.25, -0.2) is 8.42 Å². The van der Waals surface area contributed by atoms with Crippen molar-refractivity contribution in [2.45, 2.75) is 11.8 Å². The highest BCUT2D eigenvalue weighted by molar-refractivity contribution is 7.89. The van der Waals surface area contributed by atoms with Gasteiger partial charge in [0, 0.05) is 42.2 Å². The Morgan fingerprint density at radius 3 is 2.43 bits per heavy atom. The van der Waals surface area contributed by atoms with Gasteiger partial charge in [-0.2, -0.15) is 4.31 Å². The zero-order valence-corrected chi connectivity index (χ0v) is 16.8. The summed E-state index contributed by atoms with van der Waals surface area (Å²) in [4.78, 5) is 14.7. The molecule has 8 heteroatoms. The number of piperazine rings is 1. The molecule has 0 atom stereocenters. The van der Waals surface area contributed by atoms with Crippen molar-refractivity contribution >= 4 is 38.5 Å². The minimum atomic E-state index is -3.64. The van der Waals surface area contributed by atoms with E-state index in [1.807, 2.05) is 31.2 Å². The van der Waals surface area contributed by atoms with Gasteiger partial charge in [-0.3, -0.25) is 4.79 Å². The third-order valence-electron chi connectivity index (χ3n) is 5.00. The number of sulfonamides is 1. The summed E-state index contributed by atoms with van der Waals surface area (Å²) in [5.74, 6) is 0.0980. The van der Waals surface area contributed by atoms with Gasteiger partial charge in [-0.15, -0.1) is 0 Å². The van der Waals surface area contributed by atoms with E-state index in [1.54, 1.807) is 17.0 Å². The number of carbonyl (C=O) groups excluding carboxylic acids is 1. The molecule has 146 valence electrons. The number of amides is 1. The first kappa shape index (κ1) is 19.0. The molecule has 0 saturated carbocycles. The minimum Gasteiger partial charge on any atom is -0.451 e. The Bertz CT molecular complexity index is 1150. The topological polar surface area (TPSA) is 70.8 Å². The molecule has 1 fully saturated rings. The van der Waals surface area contributed by atoms with Crippen molar-refractivity contribution in [2.24, 2.45) is 0 Å². The molecule has 0 bridgehead atoms. The number of halogens is 1. The molecular weight excluding hydrogens is 400 g/mol. The van der Waals surface area contributed by atoms with Crippen LogP contribution in [0.4, 0.5) is 0 Å². The number of fused-ring (bicyclic) bond motifs is 1. The molecule has 0 radical (unpaired) electrons. The van der Waals surface area contributed by atoms with Gasteiger partial charge in [-0.1, -0.05) is 35.9 Å². The Kier molecular flexibility index (Phi) is 4.91. The summed E-state index contributed by atoms with van der Waals surface area (Å²) in [6, 6.07) is 13.7. The molecule has 6 nitrogen and oxygen atoms in total. The lowest BCUT2D eigenvalue weighted by Gasteiger charge is -2.33. The van der Waals surface area contributed by atoms with Gasteiger partial charge in [0.15, 0.2) is 5.76 Å². The maximum Gasteiger partial charge on any atom is 0.289 e. The quantitative estimate of drug-likeness (QED) is 0.652. The predicted molar refractivity (Wildman–Crippen MR) is 107 cm³/mol. The molecule has 1 amide bonds. The van der Waals surface area contributed by atoms with Crippen LogP contribution < -0.4 is 0 Å². The summed E-state index contributed by atoms with van der Waals surface area (Å²) in [5.41, 5.74) is 1.47. The number of rotatable bonds is 3. The van der Waals surface area contributed by atoms with Crippen LogP contribution in [0.15, 0.2) is 57.8 Å². The number of para-hydroxylation sites is 1. The monoisotopic (exact) mass is 418 g/mol. The standard InChI is InChI=1S/C20H19ClN2O4S/c1-14-17-7-2-3-8-18(17)27-19(14)20(24)22-9-11-23(12-10-22)28(25,26)16-6-4-5-15(21)13-16/h2-8,13H,9-12H2,1H3. The number of hydrogen-bond donors (Lipinski definition) is 0. The maximum absolute atomic E-state index is 12.9. The van der Waals surface area contributed by atoms with E-state index in [2.05, 4.69) is 0 Å². The van der Waals surface area contributed by atoms with Crippen molar-refractivity contribution in [3.05, 3.63) is 64.9 Å². The first-order valence-corrected chi connectivity index (χ1v) is 10.7. The van der Waals surface area contributed by atoms with E-state index in [9.17, 15) is 13.2 Å². The molecule has 0 spiro atoms. The molecule has 0 aliphatic carbocycles. The van der Waals surface area contributed by atoms with Crippen molar-refractivity contribution in [3.8, 4) is 0 Å². The van der Waals surface area contributed by atoms with Crippen LogP contribution in [-0.4, -0.2) is 49.7 Å². The molecule has 3 aromatic rings. The number of nitrogens with zero attached hydrogens (tertiary/aromatic N) is 2. The smallest absolute Gasteiger partial charge is 0.289 e. The molecule has 2 aromatic carbocycles. The van der Waals surface area contributed by atoms with Crippen LogP contribution in [0.1, 0.15) is 16.1 Å². The van der Waals surface area contributed by atoms with E-state index < -0.39 is 10.0 Å². The molecule has 1 aliphatic heterocycles. The van der Waals surface area contributed by atoms with Crippen LogP contribution in [-0.2, 0) is 10.0 Å². The van der Waals surface area contributed by atoms with Gasteiger partial charge in [-0.05, 0) is 31.2 Å². The van der Waals surface area contributed by atoms with Gasteiger partial charge in [0.25, 0.3) is 5.91 Å². The summed E-state index contributed by atoms with van der Waals surface area (Å²) in [5, 5.41) is 1.28. The highest BCUT2D eigenvalue weighted by atomic mass is 35.5. The van der Waals surface area contributed by atoms with Crippen molar-refractivity contribution in [1.29, 1.82) is 0 Å². The third-order valence-corrected chi connectivity index (χ3v) is 7.13. The fraction of sp³-hybridized carbons (Fsp3) is 0.250. The SMILES string of the molecule is Cc1c(C(=O)N2CCN(S(=O)(=O)c3cccc(Cl)c3)CC2)oc2ccccc12. The Morgan fingerprint density at radius 1 is 1.04 bits per heavy atom. The average Bonchev–Trinajstić information content (AvgIpc) is 3.04. The van der Waals surface area contributed by atoms with Gasteiger partial charge in [0.05, 0.1) is 4.90 Å². The zero-order chi connectivity index (χ0) is 19.9. The van der Waals surface area contributed by atoms with Crippen molar-refractivity contribution in [3.63, 3.8) is 0 Å². The van der Waals surface area contributed by atoms with Crippen LogP contribution >= 0.6 is 11.6 Å². The number of hydrogen-bond acceptors (Lipinski definition) is 4. The van der Waals surface area contributed by atoms with Gasteiger partial charge in [0.2, 0.25) is 10.0 Å². The first-order chi connectivity index (χ1) is 13.4. The highest BCUT2D eigenvalue weighted by Crippen LogP contribution is 2.27. The van der Waals surface area contributed by atoms with E-state index in [0.717, 1.165) is 10.9 Å². The summed E-state index contributed by atoms with van der Waals surface area (Å²) in [7, 11) is -3.64. The van der Waals surface area contributed by atoms with E-state index in [-0.39, 0.29) is 23.9 Å².